The first-order chi connectivity index (χ1) is 13.3. The number of benzene rings is 1. The number of Topliss-reactive ketones (excluding diaryl/α,β-unsaturated/α-hetero) is 1. The van der Waals surface area contributed by atoms with Crippen molar-refractivity contribution in [1.29, 1.82) is 0 Å². The molecule has 0 bridgehead atoms. The van der Waals surface area contributed by atoms with Gasteiger partial charge in [0, 0.05) is 0 Å². The number of ketones is 1. The van der Waals surface area contributed by atoms with Gasteiger partial charge in [-0.15, -0.1) is 0 Å². The summed E-state index contributed by atoms with van der Waals surface area (Å²) >= 11 is 0. The molecule has 1 rings (SSSR count). The van der Waals surface area contributed by atoms with Crippen LogP contribution in [0.1, 0.15) is 64.9 Å². The van der Waals surface area contributed by atoms with Gasteiger partial charge in [-0.1, -0.05) is 63.4 Å². The van der Waals surface area contributed by atoms with Gasteiger partial charge >= 0.3 is 11.9 Å². The summed E-state index contributed by atoms with van der Waals surface area (Å²) in [6, 6.07) is 9.03. The van der Waals surface area contributed by atoms with Crippen LogP contribution in [0.5, 0.6) is 0 Å². The molecule has 0 radical (unpaired) electrons. The van der Waals surface area contributed by atoms with E-state index in [4.69, 9.17) is 10.2 Å². The highest BCUT2D eigenvalue weighted by Gasteiger charge is 2.17. The van der Waals surface area contributed by atoms with Crippen LogP contribution in [-0.2, 0) is 20.8 Å². The maximum Gasteiger partial charge on any atom is 0.320 e. The Morgan fingerprint density at radius 1 is 0.929 bits per heavy atom. The van der Waals surface area contributed by atoms with E-state index in [-0.39, 0.29) is 18.2 Å². The molecule has 6 nitrogen and oxygen atoms in total. The van der Waals surface area contributed by atoms with E-state index in [0.29, 0.717) is 12.8 Å². The molecule has 28 heavy (non-hydrogen) atoms. The molecule has 158 valence electrons. The van der Waals surface area contributed by atoms with E-state index in [1.807, 2.05) is 37.3 Å². The SMILES string of the molecule is CC(=O)CN[C@@H](CCc1ccccc1)C(=O)O.CCCC[C@H](CCC)C(=O)O. The lowest BCUT2D eigenvalue weighted by Crippen LogP contribution is -2.39. The second kappa shape index (κ2) is 15.8. The van der Waals surface area contributed by atoms with E-state index in [1.165, 1.54) is 6.92 Å². The normalized spacial score (nSPS) is 12.4. The number of carbonyl (C=O) groups excluding carboxylic acids is 1. The highest BCUT2D eigenvalue weighted by atomic mass is 16.4. The summed E-state index contributed by atoms with van der Waals surface area (Å²) < 4.78 is 0. The average Bonchev–Trinajstić information content (AvgIpc) is 2.65. The molecule has 6 heteroatoms. The number of aryl methyl sites for hydroxylation is 1. The maximum absolute atomic E-state index is 11.0. The number of unbranched alkanes of at least 4 members (excludes halogenated alkanes) is 1. The van der Waals surface area contributed by atoms with E-state index in [0.717, 1.165) is 37.7 Å². The number of carbonyl (C=O) groups is 3. The molecular formula is C22H35NO5. The summed E-state index contributed by atoms with van der Waals surface area (Å²) in [6.45, 7) is 5.65. The third-order valence-electron chi connectivity index (χ3n) is 4.35. The number of hydrogen-bond acceptors (Lipinski definition) is 4. The van der Waals surface area contributed by atoms with E-state index < -0.39 is 18.0 Å². The van der Waals surface area contributed by atoms with Crippen LogP contribution in [0.3, 0.4) is 0 Å². The molecule has 0 spiro atoms. The van der Waals surface area contributed by atoms with Crippen LogP contribution in [0, 0.1) is 5.92 Å². The van der Waals surface area contributed by atoms with Crippen LogP contribution < -0.4 is 5.32 Å². The van der Waals surface area contributed by atoms with Gasteiger partial charge in [-0.3, -0.25) is 19.7 Å². The number of nitrogens with one attached hydrogen (secondary N) is 1. The third-order valence-corrected chi connectivity index (χ3v) is 4.35. The number of carboxylic acids is 2. The fourth-order valence-electron chi connectivity index (χ4n) is 2.73. The zero-order valence-electron chi connectivity index (χ0n) is 17.3. The second-order valence-electron chi connectivity index (χ2n) is 6.96. The molecule has 0 aliphatic carbocycles. The van der Waals surface area contributed by atoms with Gasteiger partial charge in [0.25, 0.3) is 0 Å². The summed E-state index contributed by atoms with van der Waals surface area (Å²) in [7, 11) is 0. The molecule has 0 aromatic heterocycles. The quantitative estimate of drug-likeness (QED) is 0.469. The fourth-order valence-corrected chi connectivity index (χ4v) is 2.73. The molecule has 2 atom stereocenters. The number of aliphatic carboxylic acids is 2. The zero-order chi connectivity index (χ0) is 21.4. The van der Waals surface area contributed by atoms with Crippen molar-refractivity contribution < 1.29 is 24.6 Å². The van der Waals surface area contributed by atoms with Crippen LogP contribution in [0.2, 0.25) is 0 Å². The van der Waals surface area contributed by atoms with Crippen LogP contribution in [0.25, 0.3) is 0 Å². The van der Waals surface area contributed by atoms with Crippen molar-refractivity contribution in [3.05, 3.63) is 35.9 Å². The highest BCUT2D eigenvalue weighted by molar-refractivity contribution is 5.79. The van der Waals surface area contributed by atoms with E-state index >= 15 is 0 Å². The summed E-state index contributed by atoms with van der Waals surface area (Å²) in [5.41, 5.74) is 1.10. The first kappa shape index (κ1) is 25.8. The van der Waals surface area contributed by atoms with Crippen LogP contribution in [0.4, 0.5) is 0 Å². The first-order valence-corrected chi connectivity index (χ1v) is 10.0. The Hall–Kier alpha value is -2.21. The van der Waals surface area contributed by atoms with Crippen molar-refractivity contribution >= 4 is 17.7 Å². The van der Waals surface area contributed by atoms with E-state index in [2.05, 4.69) is 12.2 Å². The second-order valence-corrected chi connectivity index (χ2v) is 6.96. The first-order valence-electron chi connectivity index (χ1n) is 10.0. The number of carboxylic acid groups (broad SMARTS) is 2. The molecular weight excluding hydrogens is 358 g/mol. The molecule has 0 fully saturated rings. The van der Waals surface area contributed by atoms with Crippen LogP contribution >= 0.6 is 0 Å². The van der Waals surface area contributed by atoms with Crippen molar-refractivity contribution in [2.75, 3.05) is 6.54 Å². The van der Waals surface area contributed by atoms with Crippen molar-refractivity contribution in [2.45, 2.75) is 71.8 Å². The lowest BCUT2D eigenvalue weighted by molar-refractivity contribution is -0.142. The minimum Gasteiger partial charge on any atom is -0.481 e. The molecule has 0 aliphatic heterocycles. The molecule has 0 amide bonds. The molecule has 0 unspecified atom stereocenters. The Morgan fingerprint density at radius 3 is 2.04 bits per heavy atom. The van der Waals surface area contributed by atoms with Crippen molar-refractivity contribution in [3.8, 4) is 0 Å². The lowest BCUT2D eigenvalue weighted by Gasteiger charge is -2.13. The van der Waals surface area contributed by atoms with Gasteiger partial charge in [0.2, 0.25) is 0 Å². The van der Waals surface area contributed by atoms with Gasteiger partial charge in [0.1, 0.15) is 11.8 Å². The molecule has 0 saturated heterocycles. The molecule has 3 N–H and O–H groups in total. The summed E-state index contributed by atoms with van der Waals surface area (Å²) in [4.78, 5) is 32.3. The van der Waals surface area contributed by atoms with Gasteiger partial charge in [-0.25, -0.2) is 0 Å². The largest absolute Gasteiger partial charge is 0.481 e. The smallest absolute Gasteiger partial charge is 0.320 e. The zero-order valence-corrected chi connectivity index (χ0v) is 17.3. The molecule has 0 aliphatic rings. The van der Waals surface area contributed by atoms with E-state index in [9.17, 15) is 14.4 Å². The Kier molecular flexibility index (Phi) is 14.6. The monoisotopic (exact) mass is 393 g/mol. The minimum atomic E-state index is -0.915. The fraction of sp³-hybridized carbons (Fsp3) is 0.591. The van der Waals surface area contributed by atoms with Crippen LogP contribution in [-0.4, -0.2) is 40.5 Å². The third kappa shape index (κ3) is 13.0. The van der Waals surface area contributed by atoms with Crippen LogP contribution in [0.15, 0.2) is 30.3 Å². The predicted octanol–water partition coefficient (Wildman–Crippen LogP) is 3.93. The average molecular weight is 394 g/mol. The Morgan fingerprint density at radius 2 is 1.57 bits per heavy atom. The Balaban J connectivity index is 0.000000576. The molecule has 0 heterocycles. The highest BCUT2D eigenvalue weighted by Crippen LogP contribution is 2.14. The summed E-state index contributed by atoms with van der Waals surface area (Å²) in [6.07, 6.45) is 5.94. The summed E-state index contributed by atoms with van der Waals surface area (Å²) in [5.74, 6) is -1.70. The van der Waals surface area contributed by atoms with Crippen molar-refractivity contribution in [1.82, 2.24) is 5.32 Å². The maximum atomic E-state index is 11.0. The summed E-state index contributed by atoms with van der Waals surface area (Å²) in [5, 5.41) is 20.5. The Bertz CT molecular complexity index is 574. The molecule has 1 aromatic carbocycles. The van der Waals surface area contributed by atoms with Gasteiger partial charge in [-0.2, -0.15) is 0 Å². The van der Waals surface area contributed by atoms with Gasteiger partial charge in [0.05, 0.1) is 12.5 Å². The minimum absolute atomic E-state index is 0.0593. The van der Waals surface area contributed by atoms with Gasteiger partial charge in [0.15, 0.2) is 0 Å². The predicted molar refractivity (Wildman–Crippen MR) is 110 cm³/mol. The van der Waals surface area contributed by atoms with E-state index in [1.54, 1.807) is 0 Å². The Labute approximate surface area is 168 Å². The van der Waals surface area contributed by atoms with Gasteiger partial charge in [-0.05, 0) is 38.2 Å². The molecule has 0 saturated carbocycles. The number of hydrogen-bond donors (Lipinski definition) is 3. The van der Waals surface area contributed by atoms with Gasteiger partial charge < -0.3 is 10.2 Å². The van der Waals surface area contributed by atoms with Crippen molar-refractivity contribution in [2.24, 2.45) is 5.92 Å². The molecule has 1 aromatic rings. The van der Waals surface area contributed by atoms with Crippen molar-refractivity contribution in [3.63, 3.8) is 0 Å². The number of rotatable bonds is 13. The standard InChI is InChI=1S/C13H17NO3.C9H18O2/c1-10(15)9-14-12(13(16)17)8-7-11-5-3-2-4-6-11;1-3-5-7-8(6-4-2)9(10)11/h2-6,12,14H,7-9H2,1H3,(H,16,17);8H,3-7H2,1-2H3,(H,10,11)/t12-;8-/m00/s1. The topological polar surface area (TPSA) is 104 Å². The lowest BCUT2D eigenvalue weighted by atomic mass is 9.97.